The SMILES string of the molecule is NC[C@H]1CC[C@@H](C(=O)N2CCN(S(=O)(=O)N3CCCCCC3)CC2)O1. The molecule has 0 unspecified atom stereocenters. The van der Waals surface area contributed by atoms with Crippen molar-refractivity contribution < 1.29 is 17.9 Å². The monoisotopic (exact) mass is 374 g/mol. The van der Waals surface area contributed by atoms with Crippen LogP contribution < -0.4 is 5.73 Å². The molecular formula is C16H30N4O4S. The zero-order valence-corrected chi connectivity index (χ0v) is 15.6. The predicted molar refractivity (Wildman–Crippen MR) is 94.1 cm³/mol. The van der Waals surface area contributed by atoms with Crippen molar-refractivity contribution >= 4 is 16.1 Å². The fraction of sp³-hybridized carbons (Fsp3) is 0.938. The van der Waals surface area contributed by atoms with Gasteiger partial charge in [0.15, 0.2) is 0 Å². The molecule has 2 N–H and O–H groups in total. The molecule has 3 fully saturated rings. The number of hydrogen-bond acceptors (Lipinski definition) is 5. The normalized spacial score (nSPS) is 30.4. The van der Waals surface area contributed by atoms with Crippen LogP contribution >= 0.6 is 0 Å². The van der Waals surface area contributed by atoms with Gasteiger partial charge in [-0.2, -0.15) is 17.0 Å². The summed E-state index contributed by atoms with van der Waals surface area (Å²) in [6.07, 6.45) is 5.13. The van der Waals surface area contributed by atoms with Crippen LogP contribution in [0.2, 0.25) is 0 Å². The molecule has 0 aromatic heterocycles. The summed E-state index contributed by atoms with van der Waals surface area (Å²) in [7, 11) is -3.41. The van der Waals surface area contributed by atoms with E-state index >= 15 is 0 Å². The maximum Gasteiger partial charge on any atom is 0.282 e. The van der Waals surface area contributed by atoms with Crippen molar-refractivity contribution in [3.63, 3.8) is 0 Å². The number of ether oxygens (including phenoxy) is 1. The highest BCUT2D eigenvalue weighted by Crippen LogP contribution is 2.22. The van der Waals surface area contributed by atoms with Gasteiger partial charge in [-0.1, -0.05) is 12.8 Å². The summed E-state index contributed by atoms with van der Waals surface area (Å²) in [5.74, 6) is -0.0252. The number of nitrogens with zero attached hydrogens (tertiary/aromatic N) is 3. The van der Waals surface area contributed by atoms with E-state index in [4.69, 9.17) is 10.5 Å². The topological polar surface area (TPSA) is 96.2 Å². The molecule has 3 saturated heterocycles. The van der Waals surface area contributed by atoms with Gasteiger partial charge in [0.05, 0.1) is 6.10 Å². The zero-order valence-electron chi connectivity index (χ0n) is 14.8. The molecule has 0 saturated carbocycles. The Bertz CT molecular complexity index is 554. The van der Waals surface area contributed by atoms with Crippen LogP contribution in [-0.2, 0) is 19.7 Å². The van der Waals surface area contributed by atoms with E-state index in [0.29, 0.717) is 52.2 Å². The molecule has 0 aromatic rings. The van der Waals surface area contributed by atoms with Gasteiger partial charge in [0.1, 0.15) is 6.10 Å². The van der Waals surface area contributed by atoms with Gasteiger partial charge in [0.25, 0.3) is 16.1 Å². The lowest BCUT2D eigenvalue weighted by Crippen LogP contribution is -2.55. The number of carbonyl (C=O) groups is 1. The molecule has 2 atom stereocenters. The molecule has 0 spiro atoms. The second-order valence-electron chi connectivity index (χ2n) is 7.11. The molecule has 3 heterocycles. The highest BCUT2D eigenvalue weighted by atomic mass is 32.2. The first kappa shape index (κ1) is 19.0. The van der Waals surface area contributed by atoms with Crippen LogP contribution in [0.1, 0.15) is 38.5 Å². The van der Waals surface area contributed by atoms with Crippen molar-refractivity contribution in [2.24, 2.45) is 5.73 Å². The highest BCUT2D eigenvalue weighted by molar-refractivity contribution is 7.86. The summed E-state index contributed by atoms with van der Waals surface area (Å²) in [4.78, 5) is 14.3. The van der Waals surface area contributed by atoms with Gasteiger partial charge in [-0.05, 0) is 25.7 Å². The van der Waals surface area contributed by atoms with Crippen molar-refractivity contribution in [1.82, 2.24) is 13.5 Å². The van der Waals surface area contributed by atoms with E-state index in [0.717, 1.165) is 32.1 Å². The third kappa shape index (κ3) is 4.33. The number of rotatable bonds is 4. The van der Waals surface area contributed by atoms with Gasteiger partial charge in [-0.3, -0.25) is 4.79 Å². The lowest BCUT2D eigenvalue weighted by Gasteiger charge is -2.37. The minimum absolute atomic E-state index is 0.0252. The molecule has 0 radical (unpaired) electrons. The molecule has 9 heteroatoms. The van der Waals surface area contributed by atoms with E-state index < -0.39 is 16.3 Å². The number of hydrogen-bond donors (Lipinski definition) is 1. The summed E-state index contributed by atoms with van der Waals surface area (Å²) in [6.45, 7) is 3.23. The van der Waals surface area contributed by atoms with E-state index in [2.05, 4.69) is 0 Å². The quantitative estimate of drug-likeness (QED) is 0.732. The summed E-state index contributed by atoms with van der Waals surface area (Å²) >= 11 is 0. The first-order chi connectivity index (χ1) is 12.0. The first-order valence-electron chi connectivity index (χ1n) is 9.42. The third-order valence-electron chi connectivity index (χ3n) is 5.41. The fourth-order valence-corrected chi connectivity index (χ4v) is 5.51. The number of nitrogens with two attached hydrogens (primary N) is 1. The first-order valence-corrected chi connectivity index (χ1v) is 10.8. The molecule has 0 aromatic carbocycles. The molecule has 25 heavy (non-hydrogen) atoms. The van der Waals surface area contributed by atoms with Crippen LogP contribution in [0.3, 0.4) is 0 Å². The van der Waals surface area contributed by atoms with Crippen LogP contribution in [-0.4, -0.2) is 85.9 Å². The summed E-state index contributed by atoms with van der Waals surface area (Å²) in [5, 5.41) is 0. The average Bonchev–Trinajstić information content (AvgIpc) is 2.94. The van der Waals surface area contributed by atoms with Crippen molar-refractivity contribution in [2.45, 2.75) is 50.7 Å². The van der Waals surface area contributed by atoms with Crippen LogP contribution in [0.25, 0.3) is 0 Å². The summed E-state index contributed by atoms with van der Waals surface area (Å²) in [5.41, 5.74) is 5.59. The van der Waals surface area contributed by atoms with E-state index in [1.165, 1.54) is 4.31 Å². The van der Waals surface area contributed by atoms with Gasteiger partial charge in [0, 0.05) is 45.8 Å². The fourth-order valence-electron chi connectivity index (χ4n) is 3.84. The Hall–Kier alpha value is -0.740. The van der Waals surface area contributed by atoms with E-state index in [-0.39, 0.29) is 12.0 Å². The van der Waals surface area contributed by atoms with Crippen molar-refractivity contribution in [1.29, 1.82) is 0 Å². The number of carbonyl (C=O) groups excluding carboxylic acids is 1. The molecule has 1 amide bonds. The van der Waals surface area contributed by atoms with Gasteiger partial charge < -0.3 is 15.4 Å². The standard InChI is InChI=1S/C16H30N4O4S/c17-13-14-5-6-15(24-14)16(21)18-9-11-20(12-10-18)25(22,23)19-7-3-1-2-4-8-19/h14-15H,1-13,17H2/t14-,15+/m1/s1. The largest absolute Gasteiger partial charge is 0.364 e. The Morgan fingerprint density at radius 1 is 0.920 bits per heavy atom. The Labute approximate surface area is 150 Å². The molecule has 144 valence electrons. The molecule has 0 aliphatic carbocycles. The van der Waals surface area contributed by atoms with Crippen molar-refractivity contribution in [2.75, 3.05) is 45.8 Å². The van der Waals surface area contributed by atoms with E-state index in [1.54, 1.807) is 9.21 Å². The van der Waals surface area contributed by atoms with Gasteiger partial charge >= 0.3 is 0 Å². The second kappa shape index (κ2) is 8.30. The maximum absolute atomic E-state index is 12.8. The third-order valence-corrected chi connectivity index (χ3v) is 7.45. The van der Waals surface area contributed by atoms with Crippen LogP contribution in [0, 0.1) is 0 Å². The Morgan fingerprint density at radius 2 is 1.52 bits per heavy atom. The van der Waals surface area contributed by atoms with Gasteiger partial charge in [-0.15, -0.1) is 0 Å². The van der Waals surface area contributed by atoms with E-state index in [9.17, 15) is 13.2 Å². The zero-order chi connectivity index (χ0) is 17.9. The predicted octanol–water partition coefficient (Wildman–Crippen LogP) is -0.242. The Morgan fingerprint density at radius 3 is 2.08 bits per heavy atom. The highest BCUT2D eigenvalue weighted by Gasteiger charge is 2.37. The minimum Gasteiger partial charge on any atom is -0.364 e. The van der Waals surface area contributed by atoms with Crippen LogP contribution in [0.5, 0.6) is 0 Å². The second-order valence-corrected chi connectivity index (χ2v) is 9.03. The lowest BCUT2D eigenvalue weighted by molar-refractivity contribution is -0.143. The summed E-state index contributed by atoms with van der Waals surface area (Å²) < 4.78 is 34.5. The van der Waals surface area contributed by atoms with Crippen LogP contribution in [0.15, 0.2) is 0 Å². The lowest BCUT2D eigenvalue weighted by atomic mass is 10.1. The number of amides is 1. The smallest absolute Gasteiger partial charge is 0.282 e. The molecular weight excluding hydrogens is 344 g/mol. The van der Waals surface area contributed by atoms with Crippen LogP contribution in [0.4, 0.5) is 0 Å². The molecule has 3 aliphatic rings. The average molecular weight is 375 g/mol. The minimum atomic E-state index is -3.41. The number of piperazine rings is 1. The van der Waals surface area contributed by atoms with Gasteiger partial charge in [-0.25, -0.2) is 0 Å². The molecule has 0 bridgehead atoms. The Kier molecular flexibility index (Phi) is 6.32. The van der Waals surface area contributed by atoms with Crippen molar-refractivity contribution in [3.05, 3.63) is 0 Å². The summed E-state index contributed by atoms with van der Waals surface area (Å²) in [6, 6.07) is 0. The molecule has 3 aliphatic heterocycles. The Balaban J connectivity index is 1.53. The maximum atomic E-state index is 12.8. The van der Waals surface area contributed by atoms with Gasteiger partial charge in [0.2, 0.25) is 0 Å². The molecule has 3 rings (SSSR count). The van der Waals surface area contributed by atoms with Crippen molar-refractivity contribution in [3.8, 4) is 0 Å². The van der Waals surface area contributed by atoms with E-state index in [1.807, 2.05) is 0 Å². The molecule has 8 nitrogen and oxygen atoms in total.